The first-order chi connectivity index (χ1) is 51.9. The van der Waals surface area contributed by atoms with Gasteiger partial charge in [0.25, 0.3) is 0 Å². The van der Waals surface area contributed by atoms with Gasteiger partial charge in [-0.25, -0.2) is 33.7 Å². The number of carbonyl (C=O) groups excluding carboxylic acids is 3. The third-order valence-corrected chi connectivity index (χ3v) is 17.0. The van der Waals surface area contributed by atoms with E-state index in [0.717, 1.165) is 94.2 Å². The second-order valence-electron chi connectivity index (χ2n) is 24.5. The van der Waals surface area contributed by atoms with Crippen LogP contribution in [0.3, 0.4) is 0 Å². The van der Waals surface area contributed by atoms with Crippen LogP contribution in [0, 0.1) is 33.5 Å². The largest absolute Gasteiger partial charge is 0.493 e. The first-order valence-corrected chi connectivity index (χ1v) is 35.6. The van der Waals surface area contributed by atoms with Gasteiger partial charge in [0.05, 0.1) is 36.9 Å². The first kappa shape index (κ1) is 77.3. The van der Waals surface area contributed by atoms with Crippen LogP contribution >= 0.6 is 15.9 Å². The van der Waals surface area contributed by atoms with Crippen molar-refractivity contribution >= 4 is 40.2 Å². The summed E-state index contributed by atoms with van der Waals surface area (Å²) in [6.07, 6.45) is 0.187. The summed E-state index contributed by atoms with van der Waals surface area (Å²) in [4.78, 5) is 67.2. The zero-order valence-electron chi connectivity index (χ0n) is 60.2. The lowest BCUT2D eigenvalue weighted by atomic mass is 10.2. The van der Waals surface area contributed by atoms with E-state index in [1.807, 2.05) is 199 Å². The van der Waals surface area contributed by atoms with Gasteiger partial charge < -0.3 is 56.6 Å². The molecule has 0 aliphatic heterocycles. The Morgan fingerprint density at radius 3 is 1.21 bits per heavy atom. The molecule has 550 valence electrons. The number of nitrogens with zero attached hydrogens (tertiary/aromatic N) is 6. The van der Waals surface area contributed by atoms with Crippen molar-refractivity contribution in [3.63, 3.8) is 0 Å². The number of carboxylic acid groups (broad SMARTS) is 1. The van der Waals surface area contributed by atoms with Crippen LogP contribution < -0.4 is 28.4 Å². The number of benzene rings is 9. The molecule has 1 N–H and O–H groups in total. The minimum Gasteiger partial charge on any atom is -0.493 e. The van der Waals surface area contributed by atoms with Gasteiger partial charge in [-0.1, -0.05) is 125 Å². The van der Waals surface area contributed by atoms with Gasteiger partial charge in [0.2, 0.25) is 17.7 Å². The average molecular weight is 1510 g/mol. The summed E-state index contributed by atoms with van der Waals surface area (Å²) >= 11 is 3.38. The van der Waals surface area contributed by atoms with Crippen LogP contribution in [-0.2, 0) is 43.7 Å². The molecule has 0 radical (unpaired) electrons. The highest BCUT2D eigenvalue weighted by atomic mass is 79.9. The quantitative estimate of drug-likeness (QED) is 0.0480. The highest BCUT2D eigenvalue weighted by Gasteiger charge is 2.22. The number of aryl methyl sites for hydroxylation is 4. The van der Waals surface area contributed by atoms with Crippen LogP contribution in [-0.4, -0.2) is 98.5 Å². The van der Waals surface area contributed by atoms with Crippen molar-refractivity contribution in [2.45, 2.75) is 80.4 Å². The maximum absolute atomic E-state index is 13.3. The molecular weight excluding hydrogens is 1430 g/mol. The summed E-state index contributed by atoms with van der Waals surface area (Å²) in [7, 11) is 0. The molecule has 0 saturated heterocycles. The van der Waals surface area contributed by atoms with Gasteiger partial charge in [0, 0.05) is 79.2 Å². The molecule has 0 saturated carbocycles. The zero-order valence-corrected chi connectivity index (χ0v) is 61.8. The van der Waals surface area contributed by atoms with Gasteiger partial charge in [0.1, 0.15) is 64.1 Å². The number of amides is 3. The lowest BCUT2D eigenvalue weighted by molar-refractivity contribution is -0.138. The number of halogens is 2. The molecule has 3 heterocycles. The van der Waals surface area contributed by atoms with Crippen molar-refractivity contribution in [2.75, 3.05) is 39.5 Å². The van der Waals surface area contributed by atoms with Crippen molar-refractivity contribution in [3.05, 3.63) is 303 Å². The third-order valence-electron chi connectivity index (χ3n) is 16.5. The van der Waals surface area contributed by atoms with E-state index < -0.39 is 36.6 Å². The van der Waals surface area contributed by atoms with Crippen molar-refractivity contribution in [2.24, 2.45) is 0 Å². The average Bonchev–Trinajstić information content (AvgIpc) is 1.76. The van der Waals surface area contributed by atoms with Crippen LogP contribution in [0.25, 0.3) is 34.4 Å². The first-order valence-electron chi connectivity index (χ1n) is 34.8. The maximum atomic E-state index is 13.3. The van der Waals surface area contributed by atoms with Gasteiger partial charge in [-0.3, -0.25) is 9.69 Å². The van der Waals surface area contributed by atoms with Crippen molar-refractivity contribution in [3.8, 4) is 68.9 Å². The molecule has 9 aromatic carbocycles. The number of aliphatic carboxylic acids is 1. The fourth-order valence-electron chi connectivity index (χ4n) is 10.8. The summed E-state index contributed by atoms with van der Waals surface area (Å²) < 4.78 is 65.6. The molecule has 0 spiro atoms. The van der Waals surface area contributed by atoms with Gasteiger partial charge in [-0.15, -0.1) is 0 Å². The van der Waals surface area contributed by atoms with E-state index in [4.69, 9.17) is 41.7 Å². The minimum absolute atomic E-state index is 0.0810. The topological polar surface area (TPSA) is 232 Å². The highest BCUT2D eigenvalue weighted by molar-refractivity contribution is 9.10. The van der Waals surface area contributed by atoms with Crippen LogP contribution in [0.4, 0.5) is 18.8 Å². The monoisotopic (exact) mass is 1510 g/mol. The Labute approximate surface area is 629 Å². The summed E-state index contributed by atoms with van der Waals surface area (Å²) in [5.41, 5.74) is 8.98. The summed E-state index contributed by atoms with van der Waals surface area (Å²) in [5, 5.41) is 9.26. The Balaban J connectivity index is 0.000000172. The van der Waals surface area contributed by atoms with E-state index in [-0.39, 0.29) is 12.3 Å². The number of hydrogen-bond donors (Lipinski definition) is 1. The predicted molar refractivity (Wildman–Crippen MR) is 407 cm³/mol. The number of carbonyl (C=O) groups is 4. The van der Waals surface area contributed by atoms with Crippen LogP contribution in [0.15, 0.2) is 254 Å². The molecular formula is C85H82BrFN6O14. The van der Waals surface area contributed by atoms with Crippen LogP contribution in [0.2, 0.25) is 0 Å². The zero-order chi connectivity index (χ0) is 75.4. The molecule has 12 aromatic rings. The fourth-order valence-corrected chi connectivity index (χ4v) is 11.1. The number of oxazole rings is 3. The molecule has 0 bridgehead atoms. The molecule has 12 rings (SSSR count). The van der Waals surface area contributed by atoms with Crippen LogP contribution in [0.1, 0.15) is 70.5 Å². The highest BCUT2D eigenvalue weighted by Crippen LogP contribution is 2.28. The lowest BCUT2D eigenvalue weighted by Gasteiger charge is -2.20. The van der Waals surface area contributed by atoms with Crippen molar-refractivity contribution < 1.29 is 70.3 Å². The SMILES string of the molecule is CCN(Cc1ccc(OCCc2nc(-c3ccccc3)oc2C)cc1)C(=O)Oc1cccc(F)c1.CCN(Cc1cccc(OCCc2nc(-c3ccccc3)oc2C)c1)C(=O)Oc1ccc(Br)cc1.Cc1cccc(OC(=O)N(CC(=O)O)Cc2ccc(OCCc3nc(-c4ccccc4)oc3C)cc2)c1. The van der Waals surface area contributed by atoms with Crippen molar-refractivity contribution in [1.29, 1.82) is 0 Å². The molecule has 0 aliphatic carbocycles. The molecule has 22 heteroatoms. The molecule has 20 nitrogen and oxygen atoms in total. The van der Waals surface area contributed by atoms with E-state index in [9.17, 15) is 28.7 Å². The van der Waals surface area contributed by atoms with Gasteiger partial charge in [-0.05, 0) is 185 Å². The van der Waals surface area contributed by atoms with Crippen LogP contribution in [0.5, 0.6) is 34.5 Å². The molecule has 107 heavy (non-hydrogen) atoms. The summed E-state index contributed by atoms with van der Waals surface area (Å²) in [6, 6.07) is 71.5. The van der Waals surface area contributed by atoms with Gasteiger partial charge in [-0.2, -0.15) is 0 Å². The van der Waals surface area contributed by atoms with E-state index >= 15 is 0 Å². The van der Waals surface area contributed by atoms with Crippen molar-refractivity contribution in [1.82, 2.24) is 29.7 Å². The molecule has 0 aliphatic rings. The van der Waals surface area contributed by atoms with E-state index in [1.54, 1.807) is 70.5 Å². The van der Waals surface area contributed by atoms with Gasteiger partial charge >= 0.3 is 24.2 Å². The number of hydrogen-bond acceptors (Lipinski definition) is 16. The van der Waals surface area contributed by atoms with Gasteiger partial charge in [0.15, 0.2) is 0 Å². The number of rotatable bonds is 28. The molecule has 0 unspecified atom stereocenters. The fraction of sp³-hybridized carbons (Fsp3) is 0.212. The van der Waals surface area contributed by atoms with E-state index in [2.05, 4.69) is 30.9 Å². The minimum atomic E-state index is -1.13. The Morgan fingerprint density at radius 2 is 0.776 bits per heavy atom. The number of carboxylic acids is 1. The molecule has 0 fully saturated rings. The van der Waals surface area contributed by atoms with E-state index in [1.165, 1.54) is 18.2 Å². The third kappa shape index (κ3) is 23.9. The Morgan fingerprint density at radius 1 is 0.402 bits per heavy atom. The normalized spacial score (nSPS) is 10.7. The Bertz CT molecular complexity index is 4830. The lowest BCUT2D eigenvalue weighted by Crippen LogP contribution is -2.37. The molecule has 3 amide bonds. The molecule has 0 atom stereocenters. The number of aromatic nitrogens is 3. The smallest absolute Gasteiger partial charge is 0.416 e. The molecule has 3 aromatic heterocycles. The van der Waals surface area contributed by atoms with E-state index in [0.29, 0.717) is 100 Å². The maximum Gasteiger partial charge on any atom is 0.416 e. The summed E-state index contributed by atoms with van der Waals surface area (Å²) in [6.45, 7) is 14.1. The standard InChI is InChI=1S/C29H28N2O6.C28H27BrN2O4.C28H27FN2O4/c1-20-7-6-10-25(17-20)37-29(34)31(19-27(32)33)18-22-11-13-24(14-12-22)35-16-15-26-21(2)36-28(30-26)23-8-4-3-5-9-23;1-3-31(28(32)35-24-14-12-23(29)13-15-24)19-21-8-7-11-25(18-21)33-17-16-26-20(2)34-27(30-26)22-9-5-4-6-10-22;1-3-31(28(32)35-25-11-7-10-23(29)18-25)19-21-12-14-24(15-13-21)33-17-16-26-20(2)34-27(30-26)22-8-5-4-6-9-22/h3-14,17H,15-16,18-19H2,1-2H3,(H,32,33);2*4-15,18H,3,16-17,19H2,1-2H3. The summed E-state index contributed by atoms with van der Waals surface area (Å²) in [5.74, 6) is 5.74. The Hall–Kier alpha value is -12.3. The predicted octanol–water partition coefficient (Wildman–Crippen LogP) is 19.2. The Kier molecular flexibility index (Phi) is 28.2. The second-order valence-corrected chi connectivity index (χ2v) is 25.4. The number of ether oxygens (including phenoxy) is 6. The second kappa shape index (κ2) is 39.0.